The van der Waals surface area contributed by atoms with E-state index >= 15 is 0 Å². The maximum absolute atomic E-state index is 12.5. The van der Waals surface area contributed by atoms with Crippen molar-refractivity contribution in [2.75, 3.05) is 0 Å². The highest BCUT2D eigenvalue weighted by atomic mass is 32.2. The largest absolute Gasteiger partial charge is 0.281 e. The molecule has 0 aliphatic rings. The molecular formula is C17H25N3O2S. The van der Waals surface area contributed by atoms with Gasteiger partial charge in [0.25, 0.3) is 0 Å². The average molecular weight is 335 g/mol. The number of rotatable bonds is 4. The predicted molar refractivity (Wildman–Crippen MR) is 92.0 cm³/mol. The van der Waals surface area contributed by atoms with Gasteiger partial charge in [0.2, 0.25) is 10.0 Å². The van der Waals surface area contributed by atoms with Crippen LogP contribution in [0.1, 0.15) is 48.8 Å². The minimum absolute atomic E-state index is 0.0268. The van der Waals surface area contributed by atoms with Crippen molar-refractivity contribution in [2.45, 2.75) is 58.4 Å². The normalized spacial score (nSPS) is 12.6. The van der Waals surface area contributed by atoms with Gasteiger partial charge in [-0.25, -0.2) is 13.1 Å². The highest BCUT2D eigenvalue weighted by Crippen LogP contribution is 2.25. The first-order valence-corrected chi connectivity index (χ1v) is 9.12. The first-order chi connectivity index (χ1) is 10.5. The molecule has 0 aliphatic carbocycles. The van der Waals surface area contributed by atoms with E-state index in [1.165, 1.54) is 5.56 Å². The number of benzene rings is 1. The molecule has 1 heterocycles. The van der Waals surface area contributed by atoms with Crippen LogP contribution in [-0.2, 0) is 22.0 Å². The molecule has 0 saturated carbocycles. The van der Waals surface area contributed by atoms with Gasteiger partial charge in [-0.15, -0.1) is 0 Å². The Morgan fingerprint density at radius 3 is 2.35 bits per heavy atom. The van der Waals surface area contributed by atoms with Gasteiger partial charge in [0.1, 0.15) is 4.90 Å². The zero-order chi connectivity index (χ0) is 17.4. The second kappa shape index (κ2) is 6.09. The molecule has 0 amide bonds. The number of H-pyrrole nitrogens is 1. The summed E-state index contributed by atoms with van der Waals surface area (Å²) < 4.78 is 27.8. The van der Waals surface area contributed by atoms with E-state index < -0.39 is 10.0 Å². The molecule has 0 atom stereocenters. The van der Waals surface area contributed by atoms with Crippen molar-refractivity contribution >= 4 is 10.0 Å². The molecule has 2 aromatic rings. The Labute approximate surface area is 138 Å². The monoisotopic (exact) mass is 335 g/mol. The van der Waals surface area contributed by atoms with Crippen molar-refractivity contribution in [2.24, 2.45) is 0 Å². The van der Waals surface area contributed by atoms with E-state index in [1.807, 2.05) is 13.0 Å². The predicted octanol–water partition coefficient (Wildman–Crippen LogP) is 3.11. The molecule has 0 radical (unpaired) electrons. The zero-order valence-corrected chi connectivity index (χ0v) is 15.4. The van der Waals surface area contributed by atoms with Crippen LogP contribution >= 0.6 is 0 Å². The lowest BCUT2D eigenvalue weighted by molar-refractivity contribution is 0.578. The van der Waals surface area contributed by atoms with Crippen molar-refractivity contribution in [3.63, 3.8) is 0 Å². The third-order valence-corrected chi connectivity index (χ3v) is 5.66. The number of aryl methyl sites for hydroxylation is 3. The van der Waals surface area contributed by atoms with Crippen LogP contribution in [0.3, 0.4) is 0 Å². The van der Waals surface area contributed by atoms with Crippen LogP contribution in [0.5, 0.6) is 0 Å². The smallest absolute Gasteiger partial charge is 0.244 e. The molecule has 2 N–H and O–H groups in total. The molecule has 126 valence electrons. The Balaban J connectivity index is 2.27. The van der Waals surface area contributed by atoms with Gasteiger partial charge in [0, 0.05) is 6.54 Å². The average Bonchev–Trinajstić information content (AvgIpc) is 2.76. The Morgan fingerprint density at radius 2 is 1.83 bits per heavy atom. The summed E-state index contributed by atoms with van der Waals surface area (Å²) in [5.74, 6) is 0. The lowest BCUT2D eigenvalue weighted by Crippen LogP contribution is -2.25. The lowest BCUT2D eigenvalue weighted by Gasteiger charge is -2.21. The summed E-state index contributed by atoms with van der Waals surface area (Å²) in [5, 5.41) is 6.67. The molecule has 23 heavy (non-hydrogen) atoms. The van der Waals surface area contributed by atoms with Crippen molar-refractivity contribution in [1.82, 2.24) is 14.9 Å². The number of hydrogen-bond acceptors (Lipinski definition) is 3. The fraction of sp³-hybridized carbons (Fsp3) is 0.471. The number of sulfonamides is 1. The van der Waals surface area contributed by atoms with Gasteiger partial charge >= 0.3 is 0 Å². The molecular weight excluding hydrogens is 310 g/mol. The van der Waals surface area contributed by atoms with Gasteiger partial charge in [-0.2, -0.15) is 5.10 Å². The van der Waals surface area contributed by atoms with Gasteiger partial charge < -0.3 is 0 Å². The van der Waals surface area contributed by atoms with Crippen molar-refractivity contribution < 1.29 is 8.42 Å². The Kier molecular flexibility index (Phi) is 4.69. The number of aromatic nitrogens is 2. The maximum Gasteiger partial charge on any atom is 0.244 e. The molecule has 0 bridgehead atoms. The summed E-state index contributed by atoms with van der Waals surface area (Å²) >= 11 is 0. The van der Waals surface area contributed by atoms with Crippen LogP contribution in [0.25, 0.3) is 0 Å². The van der Waals surface area contributed by atoms with E-state index in [1.54, 1.807) is 13.8 Å². The van der Waals surface area contributed by atoms with E-state index in [0.29, 0.717) is 11.4 Å². The van der Waals surface area contributed by atoms with E-state index in [-0.39, 0.29) is 16.9 Å². The zero-order valence-electron chi connectivity index (χ0n) is 14.6. The maximum atomic E-state index is 12.5. The number of nitrogens with one attached hydrogen (secondary N) is 2. The highest BCUT2D eigenvalue weighted by molar-refractivity contribution is 7.89. The molecule has 1 aromatic heterocycles. The standard InChI is InChI=1S/C17H25N3O2S/c1-11-7-8-15(17(4,5)6)9-14(11)10-18-23(21,22)16-12(2)19-20-13(16)3/h7-9,18H,10H2,1-6H3,(H,19,20). The van der Waals surface area contributed by atoms with E-state index in [2.05, 4.69) is 47.8 Å². The molecule has 2 rings (SSSR count). The Bertz CT molecular complexity index is 795. The fourth-order valence-electron chi connectivity index (χ4n) is 2.51. The van der Waals surface area contributed by atoms with E-state index in [4.69, 9.17) is 0 Å². The summed E-state index contributed by atoms with van der Waals surface area (Å²) in [5.41, 5.74) is 4.30. The number of hydrogen-bond donors (Lipinski definition) is 2. The fourth-order valence-corrected chi connectivity index (χ4v) is 3.88. The molecule has 1 aromatic carbocycles. The second-order valence-electron chi connectivity index (χ2n) is 6.98. The van der Waals surface area contributed by atoms with Gasteiger partial charge in [0.15, 0.2) is 0 Å². The minimum Gasteiger partial charge on any atom is -0.281 e. The first kappa shape index (κ1) is 17.7. The second-order valence-corrected chi connectivity index (χ2v) is 8.68. The molecule has 0 unspecified atom stereocenters. The summed E-state index contributed by atoms with van der Waals surface area (Å²) in [6.45, 7) is 12.1. The van der Waals surface area contributed by atoms with Crippen LogP contribution in [0.4, 0.5) is 0 Å². The van der Waals surface area contributed by atoms with Crippen LogP contribution in [0.15, 0.2) is 23.1 Å². The van der Waals surface area contributed by atoms with Crippen molar-refractivity contribution in [3.05, 3.63) is 46.3 Å². The van der Waals surface area contributed by atoms with Crippen LogP contribution in [0.2, 0.25) is 0 Å². The van der Waals surface area contributed by atoms with Crippen molar-refractivity contribution in [1.29, 1.82) is 0 Å². The van der Waals surface area contributed by atoms with Crippen LogP contribution in [-0.4, -0.2) is 18.6 Å². The number of aromatic amines is 1. The topological polar surface area (TPSA) is 74.8 Å². The van der Waals surface area contributed by atoms with Gasteiger partial charge in [-0.1, -0.05) is 39.0 Å². The minimum atomic E-state index is -3.59. The molecule has 0 fully saturated rings. The van der Waals surface area contributed by atoms with Gasteiger partial charge in [-0.05, 0) is 42.9 Å². The quantitative estimate of drug-likeness (QED) is 0.901. The lowest BCUT2D eigenvalue weighted by atomic mass is 9.85. The third-order valence-electron chi connectivity index (χ3n) is 4.00. The SMILES string of the molecule is Cc1ccc(C(C)(C)C)cc1CNS(=O)(=O)c1c(C)n[nH]c1C. The Morgan fingerprint density at radius 1 is 1.17 bits per heavy atom. The summed E-state index contributed by atoms with van der Waals surface area (Å²) in [7, 11) is -3.59. The molecule has 5 nitrogen and oxygen atoms in total. The molecule has 0 spiro atoms. The first-order valence-electron chi connectivity index (χ1n) is 7.63. The summed E-state index contributed by atoms with van der Waals surface area (Å²) in [6, 6.07) is 6.21. The van der Waals surface area contributed by atoms with Gasteiger partial charge in [-0.3, -0.25) is 5.10 Å². The molecule has 0 aliphatic heterocycles. The highest BCUT2D eigenvalue weighted by Gasteiger charge is 2.22. The van der Waals surface area contributed by atoms with Crippen LogP contribution < -0.4 is 4.72 Å². The van der Waals surface area contributed by atoms with Gasteiger partial charge in [0.05, 0.1) is 11.4 Å². The van der Waals surface area contributed by atoms with Crippen molar-refractivity contribution in [3.8, 4) is 0 Å². The number of nitrogens with zero attached hydrogens (tertiary/aromatic N) is 1. The molecule has 6 heteroatoms. The third kappa shape index (κ3) is 3.82. The van der Waals surface area contributed by atoms with E-state index in [9.17, 15) is 8.42 Å². The van der Waals surface area contributed by atoms with Crippen LogP contribution in [0, 0.1) is 20.8 Å². The Hall–Kier alpha value is -1.66. The summed E-state index contributed by atoms with van der Waals surface area (Å²) in [6.07, 6.45) is 0. The summed E-state index contributed by atoms with van der Waals surface area (Å²) in [4.78, 5) is 0.238. The molecule has 0 saturated heterocycles. The van der Waals surface area contributed by atoms with E-state index in [0.717, 1.165) is 11.1 Å².